The fourth-order valence-electron chi connectivity index (χ4n) is 4.47. The van der Waals surface area contributed by atoms with Crippen LogP contribution in [0.4, 0.5) is 0 Å². The number of ether oxygens (including phenoxy) is 1. The Hall–Kier alpha value is -3.02. The molecule has 11 heteroatoms. The first-order valence-electron chi connectivity index (χ1n) is 11.5. The molecule has 0 amide bonds. The van der Waals surface area contributed by atoms with E-state index in [1.54, 1.807) is 24.3 Å². The lowest BCUT2D eigenvalue weighted by molar-refractivity contribution is 0.270. The molecule has 0 aliphatic carbocycles. The van der Waals surface area contributed by atoms with E-state index in [0.29, 0.717) is 56.3 Å². The Morgan fingerprint density at radius 1 is 1.21 bits per heavy atom. The van der Waals surface area contributed by atoms with Crippen molar-refractivity contribution in [3.05, 3.63) is 57.8 Å². The summed E-state index contributed by atoms with van der Waals surface area (Å²) >= 11 is 0. The highest BCUT2D eigenvalue weighted by Crippen LogP contribution is 2.31. The number of H-pyrrole nitrogens is 1. The third-order valence-electron chi connectivity index (χ3n) is 6.34. The van der Waals surface area contributed by atoms with E-state index in [-0.39, 0.29) is 22.2 Å². The first-order valence-corrected chi connectivity index (χ1v) is 12.9. The lowest BCUT2D eigenvalue weighted by Gasteiger charge is -2.29. The van der Waals surface area contributed by atoms with Gasteiger partial charge in [0.1, 0.15) is 5.75 Å². The van der Waals surface area contributed by atoms with Gasteiger partial charge in [0.2, 0.25) is 21.7 Å². The fourth-order valence-corrected chi connectivity index (χ4v) is 5.94. The van der Waals surface area contributed by atoms with Crippen molar-refractivity contribution < 1.29 is 17.7 Å². The number of aromatic nitrogens is 3. The van der Waals surface area contributed by atoms with Gasteiger partial charge in [0.25, 0.3) is 5.56 Å². The van der Waals surface area contributed by atoms with Crippen molar-refractivity contribution in [1.82, 2.24) is 24.7 Å². The van der Waals surface area contributed by atoms with Gasteiger partial charge in [0.05, 0.1) is 17.1 Å². The first-order chi connectivity index (χ1) is 16.5. The Labute approximate surface area is 197 Å². The monoisotopic (exact) mass is 485 g/mol. The summed E-state index contributed by atoms with van der Waals surface area (Å²) in [5, 5.41) is 7.33. The molecule has 0 atom stereocenters. The van der Waals surface area contributed by atoms with Gasteiger partial charge in [-0.1, -0.05) is 5.16 Å². The first kappa shape index (κ1) is 22.8. The molecule has 1 aromatic carbocycles. The molecule has 0 bridgehead atoms. The van der Waals surface area contributed by atoms with Gasteiger partial charge in [-0.3, -0.25) is 4.79 Å². The van der Waals surface area contributed by atoms with Gasteiger partial charge in [-0.25, -0.2) is 8.42 Å². The summed E-state index contributed by atoms with van der Waals surface area (Å²) in [6, 6.07) is 8.30. The number of sulfonamides is 1. The van der Waals surface area contributed by atoms with Gasteiger partial charge in [0.15, 0.2) is 0 Å². The van der Waals surface area contributed by atoms with Gasteiger partial charge in [-0.05, 0) is 55.7 Å². The van der Waals surface area contributed by atoms with Crippen LogP contribution >= 0.6 is 0 Å². The minimum absolute atomic E-state index is 0.0635. The predicted octanol–water partition coefficient (Wildman–Crippen LogP) is 2.04. The number of piperidine rings is 1. The van der Waals surface area contributed by atoms with Crippen molar-refractivity contribution in [2.75, 3.05) is 26.2 Å². The van der Waals surface area contributed by atoms with Crippen molar-refractivity contribution >= 4 is 10.0 Å². The smallest absolute Gasteiger partial charge is 0.259 e. The lowest BCUT2D eigenvalue weighted by Crippen LogP contribution is -2.37. The molecule has 5 rings (SSSR count). The number of hydrogen-bond acceptors (Lipinski definition) is 8. The minimum Gasteiger partial charge on any atom is -0.494 e. The summed E-state index contributed by atoms with van der Waals surface area (Å²) < 4.78 is 38.4. The SMILES string of the molecule is CCOc1ccc(S(=O)(=O)N2CCC(c3nc(-c4cc5c([nH]c4=O)CCNC5)no3)CC2)cc1. The zero-order valence-electron chi connectivity index (χ0n) is 18.9. The second-order valence-corrected chi connectivity index (χ2v) is 10.4. The highest BCUT2D eigenvalue weighted by atomic mass is 32.2. The minimum atomic E-state index is -3.59. The molecule has 0 unspecified atom stereocenters. The number of hydrogen-bond donors (Lipinski definition) is 2. The van der Waals surface area contributed by atoms with E-state index in [1.807, 2.05) is 13.0 Å². The van der Waals surface area contributed by atoms with Crippen LogP contribution in [0.5, 0.6) is 5.75 Å². The average molecular weight is 486 g/mol. The molecule has 180 valence electrons. The third-order valence-corrected chi connectivity index (χ3v) is 8.25. The van der Waals surface area contributed by atoms with Crippen LogP contribution in [0.3, 0.4) is 0 Å². The number of rotatable bonds is 6. The maximum absolute atomic E-state index is 13.0. The number of pyridine rings is 1. The predicted molar refractivity (Wildman–Crippen MR) is 124 cm³/mol. The Morgan fingerprint density at radius 3 is 2.71 bits per heavy atom. The van der Waals surface area contributed by atoms with Crippen LogP contribution in [0.1, 0.15) is 42.8 Å². The molecule has 1 saturated heterocycles. The van der Waals surface area contributed by atoms with Crippen LogP contribution in [-0.2, 0) is 23.0 Å². The summed E-state index contributed by atoms with van der Waals surface area (Å²) in [5.41, 5.74) is 2.12. The highest BCUT2D eigenvalue weighted by Gasteiger charge is 2.32. The van der Waals surface area contributed by atoms with Crippen LogP contribution in [0.15, 0.2) is 44.5 Å². The van der Waals surface area contributed by atoms with Gasteiger partial charge >= 0.3 is 0 Å². The van der Waals surface area contributed by atoms with E-state index in [1.165, 1.54) is 4.31 Å². The summed E-state index contributed by atoms with van der Waals surface area (Å²) in [6.45, 7) is 4.62. The Bertz CT molecular complexity index is 1320. The molecular weight excluding hydrogens is 458 g/mol. The molecular formula is C23H27N5O5S. The summed E-state index contributed by atoms with van der Waals surface area (Å²) in [7, 11) is -3.59. The summed E-state index contributed by atoms with van der Waals surface area (Å²) in [4.78, 5) is 20.2. The average Bonchev–Trinajstić information content (AvgIpc) is 3.34. The van der Waals surface area contributed by atoms with E-state index in [9.17, 15) is 13.2 Å². The van der Waals surface area contributed by atoms with E-state index >= 15 is 0 Å². The zero-order chi connectivity index (χ0) is 23.7. The van der Waals surface area contributed by atoms with Crippen molar-refractivity contribution in [2.45, 2.75) is 43.5 Å². The lowest BCUT2D eigenvalue weighted by atomic mass is 9.98. The van der Waals surface area contributed by atoms with Crippen LogP contribution in [0.2, 0.25) is 0 Å². The summed E-state index contributed by atoms with van der Waals surface area (Å²) in [6.07, 6.45) is 1.89. The molecule has 0 saturated carbocycles. The number of aromatic amines is 1. The van der Waals surface area contributed by atoms with Crippen LogP contribution < -0.4 is 15.6 Å². The van der Waals surface area contributed by atoms with Gasteiger partial charge in [0, 0.05) is 44.2 Å². The maximum atomic E-state index is 13.0. The van der Waals surface area contributed by atoms with Gasteiger partial charge in [-0.15, -0.1) is 0 Å². The molecule has 34 heavy (non-hydrogen) atoms. The second kappa shape index (κ2) is 9.32. The Kier molecular flexibility index (Phi) is 6.24. The number of fused-ring (bicyclic) bond motifs is 1. The van der Waals surface area contributed by atoms with Crippen LogP contribution in [0.25, 0.3) is 11.4 Å². The maximum Gasteiger partial charge on any atom is 0.259 e. The molecule has 0 radical (unpaired) electrons. The molecule has 4 heterocycles. The van der Waals surface area contributed by atoms with Crippen molar-refractivity contribution in [3.63, 3.8) is 0 Å². The van der Waals surface area contributed by atoms with Gasteiger partial charge < -0.3 is 19.6 Å². The molecule has 1 fully saturated rings. The zero-order valence-corrected chi connectivity index (χ0v) is 19.7. The highest BCUT2D eigenvalue weighted by molar-refractivity contribution is 7.89. The van der Waals surface area contributed by atoms with Gasteiger partial charge in [-0.2, -0.15) is 9.29 Å². The van der Waals surface area contributed by atoms with E-state index in [2.05, 4.69) is 20.4 Å². The quantitative estimate of drug-likeness (QED) is 0.542. The standard InChI is InChI=1S/C23H27N5O5S/c1-2-32-17-3-5-18(6-4-17)34(30,31)28-11-8-15(9-12-28)23-26-21(27-33-23)19-13-16-14-24-10-7-20(16)25-22(19)29/h3-6,13,15,24H,2,7-12,14H2,1H3,(H,25,29). The Morgan fingerprint density at radius 2 is 1.97 bits per heavy atom. The summed E-state index contributed by atoms with van der Waals surface area (Å²) in [5.74, 6) is 1.27. The van der Waals surface area contributed by atoms with E-state index in [0.717, 1.165) is 24.2 Å². The van der Waals surface area contributed by atoms with Crippen molar-refractivity contribution in [1.29, 1.82) is 0 Å². The van der Waals surface area contributed by atoms with E-state index < -0.39 is 10.0 Å². The Balaban J connectivity index is 1.27. The van der Waals surface area contributed by atoms with Crippen molar-refractivity contribution in [2.24, 2.45) is 0 Å². The molecule has 2 aliphatic heterocycles. The number of nitrogens with one attached hydrogen (secondary N) is 2. The number of benzene rings is 1. The largest absolute Gasteiger partial charge is 0.494 e. The number of nitrogens with zero attached hydrogens (tertiary/aromatic N) is 3. The molecule has 2 aliphatic rings. The fraction of sp³-hybridized carbons (Fsp3) is 0.435. The molecule has 2 aromatic heterocycles. The van der Waals surface area contributed by atoms with Crippen LogP contribution in [-0.4, -0.2) is 54.1 Å². The van der Waals surface area contributed by atoms with Crippen molar-refractivity contribution in [3.8, 4) is 17.1 Å². The molecule has 10 nitrogen and oxygen atoms in total. The van der Waals surface area contributed by atoms with E-state index in [4.69, 9.17) is 9.26 Å². The molecule has 0 spiro atoms. The van der Waals surface area contributed by atoms with Crippen LogP contribution in [0, 0.1) is 0 Å². The topological polar surface area (TPSA) is 130 Å². The molecule has 3 aromatic rings. The molecule has 2 N–H and O–H groups in total. The second-order valence-electron chi connectivity index (χ2n) is 8.48. The normalized spacial score (nSPS) is 17.4. The third kappa shape index (κ3) is 4.38.